The summed E-state index contributed by atoms with van der Waals surface area (Å²) < 4.78 is 4.62. The van der Waals surface area contributed by atoms with E-state index in [2.05, 4.69) is 34.9 Å². The Balaban J connectivity index is 2.37. The van der Waals surface area contributed by atoms with Gasteiger partial charge in [-0.3, -0.25) is 0 Å². The lowest BCUT2D eigenvalue weighted by molar-refractivity contribution is 0.315. The lowest BCUT2D eigenvalue weighted by Crippen LogP contribution is -1.93. The molecule has 0 saturated carbocycles. The van der Waals surface area contributed by atoms with Gasteiger partial charge in [-0.15, -0.1) is 0 Å². The Morgan fingerprint density at radius 1 is 1.23 bits per heavy atom. The van der Waals surface area contributed by atoms with Crippen molar-refractivity contribution in [2.45, 2.75) is 20.3 Å². The van der Waals surface area contributed by atoms with Gasteiger partial charge in [0, 0.05) is 0 Å². The summed E-state index contributed by atoms with van der Waals surface area (Å²) in [6.07, 6.45) is 1.07. The minimum atomic E-state index is 0.664. The second-order valence-corrected chi connectivity index (χ2v) is 3.69. The molecule has 1 aromatic heterocycles. The molecule has 0 aliphatic heterocycles. The van der Waals surface area contributed by atoms with Crippen LogP contribution in [0, 0.1) is 5.92 Å². The highest BCUT2D eigenvalue weighted by Gasteiger charge is 2.02. The summed E-state index contributed by atoms with van der Waals surface area (Å²) in [5.74, 6) is 0.664. The molecular weight excluding hydrogens is 164 g/mol. The van der Waals surface area contributed by atoms with Gasteiger partial charge in [0.2, 0.25) is 0 Å². The van der Waals surface area contributed by atoms with Crippen molar-refractivity contribution in [2.24, 2.45) is 5.92 Å². The van der Waals surface area contributed by atoms with Crippen molar-refractivity contribution < 1.29 is 4.63 Å². The zero-order valence-corrected chi connectivity index (χ0v) is 7.82. The molecule has 0 aliphatic carbocycles. The quantitative estimate of drug-likeness (QED) is 0.705. The molecule has 1 heterocycles. The van der Waals surface area contributed by atoms with E-state index in [4.69, 9.17) is 0 Å². The maximum absolute atomic E-state index is 4.62. The number of hydrogen-bond donors (Lipinski definition) is 0. The summed E-state index contributed by atoms with van der Waals surface area (Å²) in [7, 11) is 0. The summed E-state index contributed by atoms with van der Waals surface area (Å²) in [5, 5.41) is 7.55. The number of nitrogens with zero attached hydrogens (tertiary/aromatic N) is 2. The Morgan fingerprint density at radius 3 is 2.77 bits per heavy atom. The van der Waals surface area contributed by atoms with E-state index < -0.39 is 0 Å². The zero-order chi connectivity index (χ0) is 9.26. The summed E-state index contributed by atoms with van der Waals surface area (Å²) in [4.78, 5) is 0. The molecule has 0 unspecified atom stereocenters. The molecule has 2 rings (SSSR count). The van der Waals surface area contributed by atoms with E-state index in [-0.39, 0.29) is 0 Å². The predicted molar refractivity (Wildman–Crippen MR) is 50.3 cm³/mol. The monoisotopic (exact) mass is 176 g/mol. The fourth-order valence-corrected chi connectivity index (χ4v) is 1.43. The van der Waals surface area contributed by atoms with E-state index in [0.717, 1.165) is 17.5 Å². The second-order valence-electron chi connectivity index (χ2n) is 3.69. The highest BCUT2D eigenvalue weighted by molar-refractivity contribution is 5.73. The van der Waals surface area contributed by atoms with Gasteiger partial charge in [-0.2, -0.15) is 0 Å². The van der Waals surface area contributed by atoms with Gasteiger partial charge in [-0.1, -0.05) is 19.9 Å². The first-order valence-electron chi connectivity index (χ1n) is 4.47. The number of fused-ring (bicyclic) bond motifs is 1. The van der Waals surface area contributed by atoms with Crippen LogP contribution in [-0.2, 0) is 6.42 Å². The van der Waals surface area contributed by atoms with Crippen molar-refractivity contribution in [1.82, 2.24) is 10.3 Å². The third-order valence-corrected chi connectivity index (χ3v) is 1.96. The van der Waals surface area contributed by atoms with Crippen molar-refractivity contribution in [3.63, 3.8) is 0 Å². The van der Waals surface area contributed by atoms with E-state index in [1.54, 1.807) is 0 Å². The highest BCUT2D eigenvalue weighted by Crippen LogP contribution is 2.14. The minimum Gasteiger partial charge on any atom is -0.243 e. The normalized spacial score (nSPS) is 11.3. The average molecular weight is 176 g/mol. The summed E-state index contributed by atoms with van der Waals surface area (Å²) in [6.45, 7) is 4.40. The predicted octanol–water partition coefficient (Wildman–Crippen LogP) is 2.42. The molecular formula is C10H12N2O. The van der Waals surface area contributed by atoms with E-state index >= 15 is 0 Å². The fraction of sp³-hybridized carbons (Fsp3) is 0.400. The molecule has 68 valence electrons. The van der Waals surface area contributed by atoms with Crippen LogP contribution in [0.2, 0.25) is 0 Å². The van der Waals surface area contributed by atoms with Crippen molar-refractivity contribution in [1.29, 1.82) is 0 Å². The van der Waals surface area contributed by atoms with Crippen LogP contribution in [0.1, 0.15) is 19.4 Å². The van der Waals surface area contributed by atoms with Gasteiger partial charge >= 0.3 is 0 Å². The van der Waals surface area contributed by atoms with Gasteiger partial charge in [0.1, 0.15) is 11.0 Å². The molecule has 13 heavy (non-hydrogen) atoms. The Kier molecular flexibility index (Phi) is 2.00. The molecule has 0 atom stereocenters. The van der Waals surface area contributed by atoms with E-state index in [0.29, 0.717) is 5.92 Å². The first kappa shape index (κ1) is 8.23. The maximum atomic E-state index is 4.62. The van der Waals surface area contributed by atoms with Crippen molar-refractivity contribution in [3.05, 3.63) is 23.8 Å². The topological polar surface area (TPSA) is 38.9 Å². The van der Waals surface area contributed by atoms with Gasteiger partial charge in [-0.25, -0.2) is 4.63 Å². The standard InChI is InChI=1S/C10H12N2O/c1-7(2)5-8-3-4-9-10(6-8)12-13-11-9/h3-4,6-7H,5H2,1-2H3. The minimum absolute atomic E-state index is 0.664. The third-order valence-electron chi connectivity index (χ3n) is 1.96. The number of rotatable bonds is 2. The van der Waals surface area contributed by atoms with Crippen molar-refractivity contribution >= 4 is 11.0 Å². The van der Waals surface area contributed by atoms with Gasteiger partial charge < -0.3 is 0 Å². The number of aromatic nitrogens is 2. The first-order chi connectivity index (χ1) is 6.25. The highest BCUT2D eigenvalue weighted by atomic mass is 16.6. The largest absolute Gasteiger partial charge is 0.243 e. The van der Waals surface area contributed by atoms with Gasteiger partial charge in [0.05, 0.1) is 0 Å². The summed E-state index contributed by atoms with van der Waals surface area (Å²) in [5.41, 5.74) is 2.96. The lowest BCUT2D eigenvalue weighted by Gasteiger charge is -2.02. The SMILES string of the molecule is CC(C)Cc1ccc2nonc2c1. The Morgan fingerprint density at radius 2 is 2.00 bits per heavy atom. The van der Waals surface area contributed by atoms with Crippen LogP contribution in [-0.4, -0.2) is 10.3 Å². The van der Waals surface area contributed by atoms with E-state index in [1.807, 2.05) is 12.1 Å². The molecule has 0 fully saturated rings. The van der Waals surface area contributed by atoms with Crippen LogP contribution in [0.5, 0.6) is 0 Å². The Hall–Kier alpha value is -1.38. The van der Waals surface area contributed by atoms with Crippen LogP contribution < -0.4 is 0 Å². The summed E-state index contributed by atoms with van der Waals surface area (Å²) >= 11 is 0. The molecule has 0 amide bonds. The van der Waals surface area contributed by atoms with Crippen LogP contribution in [0.3, 0.4) is 0 Å². The Bertz CT molecular complexity index is 406. The molecule has 3 heteroatoms. The van der Waals surface area contributed by atoms with Crippen molar-refractivity contribution in [3.8, 4) is 0 Å². The molecule has 0 N–H and O–H groups in total. The van der Waals surface area contributed by atoms with Gasteiger partial charge in [0.15, 0.2) is 0 Å². The maximum Gasteiger partial charge on any atom is 0.135 e. The lowest BCUT2D eigenvalue weighted by atomic mass is 10.0. The smallest absolute Gasteiger partial charge is 0.135 e. The molecule has 0 saturated heterocycles. The van der Waals surface area contributed by atoms with Crippen LogP contribution in [0.15, 0.2) is 22.8 Å². The summed E-state index contributed by atoms with van der Waals surface area (Å²) in [6, 6.07) is 6.06. The molecule has 2 aromatic rings. The second kappa shape index (κ2) is 3.17. The molecule has 0 aliphatic rings. The Labute approximate surface area is 76.7 Å². The zero-order valence-electron chi connectivity index (χ0n) is 7.82. The molecule has 0 bridgehead atoms. The molecule has 3 nitrogen and oxygen atoms in total. The number of benzene rings is 1. The average Bonchev–Trinajstić information content (AvgIpc) is 2.49. The van der Waals surface area contributed by atoms with Gasteiger partial charge in [0.25, 0.3) is 0 Å². The fourth-order valence-electron chi connectivity index (χ4n) is 1.43. The number of hydrogen-bond acceptors (Lipinski definition) is 3. The molecule has 0 radical (unpaired) electrons. The third kappa shape index (κ3) is 1.69. The van der Waals surface area contributed by atoms with Crippen molar-refractivity contribution in [2.75, 3.05) is 0 Å². The van der Waals surface area contributed by atoms with E-state index in [9.17, 15) is 0 Å². The van der Waals surface area contributed by atoms with Crippen LogP contribution in [0.25, 0.3) is 11.0 Å². The van der Waals surface area contributed by atoms with Crippen LogP contribution >= 0.6 is 0 Å². The first-order valence-corrected chi connectivity index (χ1v) is 4.47. The molecule has 1 aromatic carbocycles. The van der Waals surface area contributed by atoms with Crippen LogP contribution in [0.4, 0.5) is 0 Å². The molecule has 0 spiro atoms. The van der Waals surface area contributed by atoms with Gasteiger partial charge in [-0.05, 0) is 40.3 Å². The van der Waals surface area contributed by atoms with E-state index in [1.165, 1.54) is 5.56 Å².